The molecule has 0 fully saturated rings. The lowest BCUT2D eigenvalue weighted by atomic mass is 10.2. The topological polar surface area (TPSA) is 12.4 Å². The van der Waals surface area contributed by atoms with Crippen molar-refractivity contribution in [3.8, 4) is 0 Å². The third-order valence-electron chi connectivity index (χ3n) is 2.11. The molecule has 2 aromatic carbocycles. The highest BCUT2D eigenvalue weighted by molar-refractivity contribution is 6.42. The highest BCUT2D eigenvalue weighted by Gasteiger charge is 1.97. The average molecular weight is 285 g/mol. The first-order valence-corrected chi connectivity index (χ1v) is 6.03. The zero-order valence-corrected chi connectivity index (χ0v) is 11.0. The quantitative estimate of drug-likeness (QED) is 0.655. The van der Waals surface area contributed by atoms with E-state index in [0.717, 1.165) is 11.3 Å². The third-order valence-corrected chi connectivity index (χ3v) is 3.09. The van der Waals surface area contributed by atoms with Gasteiger partial charge in [-0.25, -0.2) is 0 Å². The van der Waals surface area contributed by atoms with Crippen LogP contribution >= 0.6 is 34.8 Å². The van der Waals surface area contributed by atoms with Crippen LogP contribution in [-0.4, -0.2) is 6.21 Å². The van der Waals surface area contributed by atoms with E-state index in [-0.39, 0.29) is 0 Å². The van der Waals surface area contributed by atoms with Gasteiger partial charge in [0.25, 0.3) is 0 Å². The first-order chi connectivity index (χ1) is 8.15. The van der Waals surface area contributed by atoms with Crippen molar-refractivity contribution in [1.29, 1.82) is 0 Å². The molecule has 2 rings (SSSR count). The Balaban J connectivity index is 2.23. The molecule has 0 heterocycles. The Morgan fingerprint density at radius 1 is 0.882 bits per heavy atom. The number of hydrogen-bond acceptors (Lipinski definition) is 1. The molecule has 0 aliphatic heterocycles. The lowest BCUT2D eigenvalue weighted by molar-refractivity contribution is 1.52. The maximum absolute atomic E-state index is 5.91. The minimum atomic E-state index is 0.515. The highest BCUT2D eigenvalue weighted by atomic mass is 35.5. The van der Waals surface area contributed by atoms with E-state index in [2.05, 4.69) is 4.99 Å². The molecule has 1 nitrogen and oxygen atoms in total. The Morgan fingerprint density at radius 2 is 1.71 bits per heavy atom. The van der Waals surface area contributed by atoms with Gasteiger partial charge in [-0.1, -0.05) is 46.9 Å². The van der Waals surface area contributed by atoms with Gasteiger partial charge in [-0.15, -0.1) is 0 Å². The van der Waals surface area contributed by atoms with Crippen LogP contribution in [0.4, 0.5) is 5.69 Å². The fraction of sp³-hybridized carbons (Fsp3) is 0. The van der Waals surface area contributed by atoms with Crippen molar-refractivity contribution in [2.45, 2.75) is 0 Å². The van der Waals surface area contributed by atoms with Crippen LogP contribution in [0.3, 0.4) is 0 Å². The molecule has 0 N–H and O–H groups in total. The summed E-state index contributed by atoms with van der Waals surface area (Å²) in [6, 6.07) is 12.7. The van der Waals surface area contributed by atoms with Gasteiger partial charge in [0.05, 0.1) is 15.7 Å². The molecule has 0 aliphatic carbocycles. The Morgan fingerprint density at radius 3 is 2.41 bits per heavy atom. The highest BCUT2D eigenvalue weighted by Crippen LogP contribution is 2.22. The molecule has 0 spiro atoms. The summed E-state index contributed by atoms with van der Waals surface area (Å²) in [5.74, 6) is 0. The molecule has 0 aliphatic rings. The summed E-state index contributed by atoms with van der Waals surface area (Å²) in [7, 11) is 0. The monoisotopic (exact) mass is 283 g/mol. The summed E-state index contributed by atoms with van der Waals surface area (Å²) in [5, 5.41) is 1.71. The maximum atomic E-state index is 5.91. The van der Waals surface area contributed by atoms with E-state index >= 15 is 0 Å². The van der Waals surface area contributed by atoms with E-state index in [1.54, 1.807) is 30.5 Å². The van der Waals surface area contributed by atoms with Gasteiger partial charge in [-0.3, -0.25) is 4.99 Å². The lowest BCUT2D eigenvalue weighted by Gasteiger charge is -1.97. The number of nitrogens with zero attached hydrogens (tertiary/aromatic N) is 1. The Bertz CT molecular complexity index is 564. The van der Waals surface area contributed by atoms with Crippen molar-refractivity contribution in [3.63, 3.8) is 0 Å². The van der Waals surface area contributed by atoms with Crippen LogP contribution < -0.4 is 0 Å². The van der Waals surface area contributed by atoms with Crippen molar-refractivity contribution in [1.82, 2.24) is 0 Å². The first kappa shape index (κ1) is 12.4. The van der Waals surface area contributed by atoms with E-state index in [4.69, 9.17) is 34.8 Å². The van der Waals surface area contributed by atoms with Crippen molar-refractivity contribution in [2.24, 2.45) is 4.99 Å². The second-order valence-electron chi connectivity index (χ2n) is 3.41. The van der Waals surface area contributed by atoms with Gasteiger partial charge in [0.2, 0.25) is 0 Å². The second kappa shape index (κ2) is 5.54. The molecule has 0 aromatic heterocycles. The molecule has 0 radical (unpaired) electrons. The minimum absolute atomic E-state index is 0.515. The largest absolute Gasteiger partial charge is 0.256 e. The molecule has 0 amide bonds. The van der Waals surface area contributed by atoms with E-state index in [9.17, 15) is 0 Å². The predicted octanol–water partition coefficient (Wildman–Crippen LogP) is 5.40. The summed E-state index contributed by atoms with van der Waals surface area (Å²) in [4.78, 5) is 4.30. The molecule has 0 bridgehead atoms. The molecule has 0 saturated heterocycles. The molecule has 0 atom stereocenters. The zero-order valence-electron chi connectivity index (χ0n) is 8.70. The van der Waals surface area contributed by atoms with Gasteiger partial charge in [0.1, 0.15) is 0 Å². The van der Waals surface area contributed by atoms with Crippen LogP contribution in [0.15, 0.2) is 47.5 Å². The van der Waals surface area contributed by atoms with Crippen molar-refractivity contribution in [3.05, 3.63) is 63.1 Å². The van der Waals surface area contributed by atoms with Crippen LogP contribution in [-0.2, 0) is 0 Å². The molecule has 2 aromatic rings. The molecular formula is C13H8Cl3N. The molecule has 0 saturated carbocycles. The molecular weight excluding hydrogens is 277 g/mol. The number of benzene rings is 2. The van der Waals surface area contributed by atoms with Crippen LogP contribution in [0, 0.1) is 0 Å². The number of halogens is 3. The predicted molar refractivity (Wildman–Crippen MR) is 75.2 cm³/mol. The molecule has 17 heavy (non-hydrogen) atoms. The van der Waals surface area contributed by atoms with Crippen LogP contribution in [0.1, 0.15) is 5.56 Å². The molecule has 4 heteroatoms. The van der Waals surface area contributed by atoms with Gasteiger partial charge in [0, 0.05) is 11.2 Å². The zero-order chi connectivity index (χ0) is 12.3. The normalized spacial score (nSPS) is 11.0. The Kier molecular flexibility index (Phi) is 4.06. The van der Waals surface area contributed by atoms with E-state index in [1.807, 2.05) is 18.2 Å². The van der Waals surface area contributed by atoms with Gasteiger partial charge < -0.3 is 0 Å². The number of hydrogen-bond donors (Lipinski definition) is 0. The standard InChI is InChI=1S/C13H8Cl3N/c14-10-2-1-3-11(7-10)17-8-9-4-5-12(15)13(16)6-9/h1-8H. The van der Waals surface area contributed by atoms with Gasteiger partial charge in [-0.05, 0) is 35.9 Å². The average Bonchev–Trinajstić information content (AvgIpc) is 2.31. The second-order valence-corrected chi connectivity index (χ2v) is 4.66. The number of aliphatic imine (C=N–C) groups is 1. The summed E-state index contributed by atoms with van der Waals surface area (Å²) >= 11 is 17.6. The van der Waals surface area contributed by atoms with Crippen molar-refractivity contribution < 1.29 is 0 Å². The first-order valence-electron chi connectivity index (χ1n) is 4.90. The van der Waals surface area contributed by atoms with Gasteiger partial charge >= 0.3 is 0 Å². The molecule has 0 unspecified atom stereocenters. The van der Waals surface area contributed by atoms with E-state index in [1.165, 1.54) is 0 Å². The van der Waals surface area contributed by atoms with E-state index < -0.39 is 0 Å². The summed E-state index contributed by atoms with van der Waals surface area (Å²) in [5.41, 5.74) is 1.68. The van der Waals surface area contributed by atoms with Gasteiger partial charge in [0.15, 0.2) is 0 Å². The Hall–Kier alpha value is -1.02. The Labute approximate surface area is 115 Å². The smallest absolute Gasteiger partial charge is 0.0644 e. The summed E-state index contributed by atoms with van der Waals surface area (Å²) < 4.78 is 0. The fourth-order valence-electron chi connectivity index (χ4n) is 1.30. The van der Waals surface area contributed by atoms with Crippen LogP contribution in [0.2, 0.25) is 15.1 Å². The molecule has 86 valence electrons. The summed E-state index contributed by atoms with van der Waals surface area (Å²) in [6.45, 7) is 0. The third kappa shape index (κ3) is 3.47. The van der Waals surface area contributed by atoms with Crippen LogP contribution in [0.5, 0.6) is 0 Å². The van der Waals surface area contributed by atoms with Crippen molar-refractivity contribution in [2.75, 3.05) is 0 Å². The maximum Gasteiger partial charge on any atom is 0.0644 e. The lowest BCUT2D eigenvalue weighted by Crippen LogP contribution is -1.80. The number of rotatable bonds is 2. The van der Waals surface area contributed by atoms with Crippen molar-refractivity contribution >= 4 is 46.7 Å². The SMILES string of the molecule is Clc1cccc(N=Cc2ccc(Cl)c(Cl)c2)c1. The van der Waals surface area contributed by atoms with Crippen LogP contribution in [0.25, 0.3) is 0 Å². The minimum Gasteiger partial charge on any atom is -0.256 e. The van der Waals surface area contributed by atoms with Gasteiger partial charge in [-0.2, -0.15) is 0 Å². The summed E-state index contributed by atoms with van der Waals surface area (Å²) in [6.07, 6.45) is 1.72. The fourth-order valence-corrected chi connectivity index (χ4v) is 1.79. The van der Waals surface area contributed by atoms with E-state index in [0.29, 0.717) is 15.1 Å².